The molecule has 7 heteroatoms. The van der Waals surface area contributed by atoms with Gasteiger partial charge in [-0.15, -0.1) is 0 Å². The number of hydrogen-bond donors (Lipinski definition) is 2. The molecular formula is C17H16FN5O. The number of halogens is 1. The second-order valence-corrected chi connectivity index (χ2v) is 5.84. The highest BCUT2D eigenvalue weighted by atomic mass is 19.1. The van der Waals surface area contributed by atoms with Crippen LogP contribution in [0.15, 0.2) is 41.1 Å². The molecule has 0 aliphatic heterocycles. The first-order valence-electron chi connectivity index (χ1n) is 7.73. The molecule has 0 fully saturated rings. The molecule has 2 N–H and O–H groups in total. The van der Waals surface area contributed by atoms with Crippen LogP contribution in [0.25, 0.3) is 22.0 Å². The summed E-state index contributed by atoms with van der Waals surface area (Å²) in [6, 6.07) is 9.35. The number of fused-ring (bicyclic) bond motifs is 2. The van der Waals surface area contributed by atoms with Gasteiger partial charge in [0, 0.05) is 29.3 Å². The number of anilines is 2. The van der Waals surface area contributed by atoms with Gasteiger partial charge in [-0.25, -0.2) is 4.39 Å². The van der Waals surface area contributed by atoms with Gasteiger partial charge in [-0.3, -0.25) is 10.1 Å². The number of pyridine rings is 1. The number of aromatic nitrogens is 4. The zero-order chi connectivity index (χ0) is 16.7. The molecule has 0 aliphatic rings. The largest absolute Gasteiger partial charge is 0.356 e. The van der Waals surface area contributed by atoms with Crippen molar-refractivity contribution in [1.82, 2.24) is 20.3 Å². The molecule has 122 valence electrons. The van der Waals surface area contributed by atoms with Crippen LogP contribution in [0.2, 0.25) is 0 Å². The monoisotopic (exact) mass is 325 g/mol. The molecular weight excluding hydrogens is 309 g/mol. The van der Waals surface area contributed by atoms with E-state index in [0.29, 0.717) is 17.1 Å². The number of H-pyrrole nitrogens is 1. The number of aromatic amines is 1. The van der Waals surface area contributed by atoms with E-state index in [-0.39, 0.29) is 5.92 Å². The minimum absolute atomic E-state index is 0.315. The Balaban J connectivity index is 1.68. The van der Waals surface area contributed by atoms with E-state index >= 15 is 0 Å². The van der Waals surface area contributed by atoms with Crippen LogP contribution in [0.4, 0.5) is 15.9 Å². The van der Waals surface area contributed by atoms with E-state index < -0.39 is 6.17 Å². The molecule has 0 radical (unpaired) electrons. The molecule has 6 nitrogen and oxygen atoms in total. The molecule has 3 heterocycles. The van der Waals surface area contributed by atoms with Crippen molar-refractivity contribution in [2.24, 2.45) is 0 Å². The van der Waals surface area contributed by atoms with Crippen molar-refractivity contribution in [1.29, 1.82) is 0 Å². The van der Waals surface area contributed by atoms with Crippen LogP contribution in [-0.4, -0.2) is 26.5 Å². The number of hydrogen-bond acceptors (Lipinski definition) is 5. The molecule has 2 unspecified atom stereocenters. The maximum absolute atomic E-state index is 13.6. The Morgan fingerprint density at radius 1 is 1.25 bits per heavy atom. The van der Waals surface area contributed by atoms with Crippen molar-refractivity contribution in [2.75, 3.05) is 5.32 Å². The Morgan fingerprint density at radius 3 is 2.96 bits per heavy atom. The standard InChI is InChI=1S/C17H16FN5O/c1-9(10(2)18)15-12-6-5-11(8-14(12)24-23-15)20-17-16-13(21-22-17)4-3-7-19-16/h3-10H,1-2H3,(H2,20,21,22). The number of benzene rings is 1. The average Bonchev–Trinajstić information content (AvgIpc) is 3.18. The van der Waals surface area contributed by atoms with Crippen LogP contribution in [0.5, 0.6) is 0 Å². The van der Waals surface area contributed by atoms with Crippen LogP contribution < -0.4 is 5.32 Å². The molecule has 4 rings (SSSR count). The third-order valence-corrected chi connectivity index (χ3v) is 4.20. The van der Waals surface area contributed by atoms with Crippen molar-refractivity contribution >= 4 is 33.5 Å². The van der Waals surface area contributed by atoms with Gasteiger partial charge in [-0.1, -0.05) is 12.1 Å². The summed E-state index contributed by atoms with van der Waals surface area (Å²) in [7, 11) is 0. The van der Waals surface area contributed by atoms with Gasteiger partial charge in [0.25, 0.3) is 0 Å². The highest BCUT2D eigenvalue weighted by molar-refractivity contribution is 5.89. The maximum Gasteiger partial charge on any atom is 0.178 e. The van der Waals surface area contributed by atoms with Crippen molar-refractivity contribution in [3.8, 4) is 0 Å². The lowest BCUT2D eigenvalue weighted by atomic mass is 10.00. The first-order chi connectivity index (χ1) is 11.6. The van der Waals surface area contributed by atoms with E-state index in [4.69, 9.17) is 4.52 Å². The lowest BCUT2D eigenvalue weighted by molar-refractivity contribution is 0.306. The number of rotatable bonds is 4. The van der Waals surface area contributed by atoms with Crippen molar-refractivity contribution in [3.63, 3.8) is 0 Å². The predicted molar refractivity (Wildman–Crippen MR) is 90.2 cm³/mol. The lowest BCUT2D eigenvalue weighted by Crippen LogP contribution is -2.06. The molecule has 3 aromatic heterocycles. The average molecular weight is 325 g/mol. The van der Waals surface area contributed by atoms with Crippen LogP contribution in [0.3, 0.4) is 0 Å². The molecule has 4 aromatic rings. The topological polar surface area (TPSA) is 79.6 Å². The molecule has 0 aliphatic carbocycles. The summed E-state index contributed by atoms with van der Waals surface area (Å²) >= 11 is 0. The second-order valence-electron chi connectivity index (χ2n) is 5.84. The van der Waals surface area contributed by atoms with Crippen LogP contribution in [0.1, 0.15) is 25.5 Å². The van der Waals surface area contributed by atoms with Crippen LogP contribution in [-0.2, 0) is 0 Å². The van der Waals surface area contributed by atoms with E-state index in [1.807, 2.05) is 30.3 Å². The third kappa shape index (κ3) is 2.38. The fourth-order valence-corrected chi connectivity index (χ4v) is 2.66. The van der Waals surface area contributed by atoms with Gasteiger partial charge in [0.05, 0.1) is 11.2 Å². The number of alkyl halides is 1. The zero-order valence-electron chi connectivity index (χ0n) is 13.2. The zero-order valence-corrected chi connectivity index (χ0v) is 13.2. The highest BCUT2D eigenvalue weighted by Gasteiger charge is 2.20. The summed E-state index contributed by atoms with van der Waals surface area (Å²) in [6.45, 7) is 3.33. The third-order valence-electron chi connectivity index (χ3n) is 4.20. The molecule has 24 heavy (non-hydrogen) atoms. The summed E-state index contributed by atoms with van der Waals surface area (Å²) in [6.07, 6.45) is 0.728. The predicted octanol–water partition coefficient (Wildman–Crippen LogP) is 4.30. The van der Waals surface area contributed by atoms with Gasteiger partial charge < -0.3 is 9.84 Å². The van der Waals surface area contributed by atoms with Gasteiger partial charge >= 0.3 is 0 Å². The van der Waals surface area contributed by atoms with E-state index in [1.165, 1.54) is 6.92 Å². The summed E-state index contributed by atoms with van der Waals surface area (Å²) < 4.78 is 18.9. The van der Waals surface area contributed by atoms with Gasteiger partial charge in [-0.2, -0.15) is 5.10 Å². The van der Waals surface area contributed by atoms with Crippen molar-refractivity contribution in [3.05, 3.63) is 42.2 Å². The minimum atomic E-state index is -0.988. The maximum atomic E-state index is 13.6. The first-order valence-corrected chi connectivity index (χ1v) is 7.73. The van der Waals surface area contributed by atoms with Gasteiger partial charge in [-0.05, 0) is 31.2 Å². The Labute approximate surface area is 137 Å². The summed E-state index contributed by atoms with van der Waals surface area (Å²) in [5.41, 5.74) is 3.66. The molecule has 1 aromatic carbocycles. The number of nitrogens with zero attached hydrogens (tertiary/aromatic N) is 3. The molecule has 0 saturated heterocycles. The molecule has 0 amide bonds. The fraction of sp³-hybridized carbons (Fsp3) is 0.235. The van der Waals surface area contributed by atoms with Crippen LogP contribution >= 0.6 is 0 Å². The Hall–Kier alpha value is -2.96. The van der Waals surface area contributed by atoms with E-state index in [1.54, 1.807) is 13.1 Å². The van der Waals surface area contributed by atoms with Crippen LogP contribution in [0, 0.1) is 0 Å². The number of nitrogens with one attached hydrogen (secondary N) is 2. The minimum Gasteiger partial charge on any atom is -0.356 e. The fourth-order valence-electron chi connectivity index (χ4n) is 2.66. The normalized spacial score (nSPS) is 14.1. The van der Waals surface area contributed by atoms with E-state index in [0.717, 1.165) is 22.1 Å². The van der Waals surface area contributed by atoms with Gasteiger partial charge in [0.2, 0.25) is 0 Å². The summed E-state index contributed by atoms with van der Waals surface area (Å²) in [4.78, 5) is 4.31. The Kier molecular flexibility index (Phi) is 3.41. The van der Waals surface area contributed by atoms with E-state index in [2.05, 4.69) is 25.7 Å². The van der Waals surface area contributed by atoms with E-state index in [9.17, 15) is 4.39 Å². The van der Waals surface area contributed by atoms with Gasteiger partial charge in [0.1, 0.15) is 11.7 Å². The quantitative estimate of drug-likeness (QED) is 0.584. The first kappa shape index (κ1) is 14.6. The lowest BCUT2D eigenvalue weighted by Gasteiger charge is -2.09. The smallest absolute Gasteiger partial charge is 0.178 e. The summed E-state index contributed by atoms with van der Waals surface area (Å²) in [5.74, 6) is 0.319. The molecule has 2 atom stereocenters. The second kappa shape index (κ2) is 5.59. The highest BCUT2D eigenvalue weighted by Crippen LogP contribution is 2.31. The Bertz CT molecular complexity index is 1010. The summed E-state index contributed by atoms with van der Waals surface area (Å²) in [5, 5.41) is 15.2. The molecule has 0 bridgehead atoms. The van der Waals surface area contributed by atoms with Crippen molar-refractivity contribution in [2.45, 2.75) is 25.9 Å². The Morgan fingerprint density at radius 2 is 2.12 bits per heavy atom. The molecule has 0 spiro atoms. The molecule has 0 saturated carbocycles. The van der Waals surface area contributed by atoms with Gasteiger partial charge in [0.15, 0.2) is 11.4 Å². The van der Waals surface area contributed by atoms with Crippen molar-refractivity contribution < 1.29 is 8.91 Å². The SMILES string of the molecule is CC(F)C(C)c1noc2cc(Nc3n[nH]c4cccnc34)ccc12.